The summed E-state index contributed by atoms with van der Waals surface area (Å²) in [6.45, 7) is 15.1. The summed E-state index contributed by atoms with van der Waals surface area (Å²) < 4.78 is 0. The minimum atomic E-state index is -0.0718. The predicted octanol–water partition coefficient (Wildman–Crippen LogP) is 6.79. The first-order valence-corrected chi connectivity index (χ1v) is 8.75. The van der Waals surface area contributed by atoms with Gasteiger partial charge in [-0.3, -0.25) is 0 Å². The molecule has 1 heterocycles. The minimum absolute atomic E-state index is 0.0718. The lowest BCUT2D eigenvalue weighted by Crippen LogP contribution is -2.36. The van der Waals surface area contributed by atoms with Crippen LogP contribution in [0.4, 0.5) is 5.69 Å². The van der Waals surface area contributed by atoms with Crippen molar-refractivity contribution in [1.82, 2.24) is 0 Å². The molecule has 0 saturated carbocycles. The molecule has 0 atom stereocenters. The standard InChI is InChI=1S/C23H29N/c1-7-14-21-19(9-3)23(5,6)20(10-4)22(15-8-2)24(21)18-16-12-11-13-17-18/h7,9-17H,3,8H2,1-2,4-6H3/b14-7-,20-10+,22-15+. The zero-order valence-corrected chi connectivity index (χ0v) is 15.6. The third-order valence-corrected chi connectivity index (χ3v) is 4.61. The van der Waals surface area contributed by atoms with Crippen molar-refractivity contribution in [3.8, 4) is 0 Å². The summed E-state index contributed by atoms with van der Waals surface area (Å²) in [6, 6.07) is 10.6. The third-order valence-electron chi connectivity index (χ3n) is 4.61. The molecule has 0 spiro atoms. The molecule has 1 aromatic rings. The number of rotatable bonds is 4. The van der Waals surface area contributed by atoms with Crippen molar-refractivity contribution in [2.45, 2.75) is 41.0 Å². The van der Waals surface area contributed by atoms with Gasteiger partial charge in [-0.25, -0.2) is 0 Å². The summed E-state index contributed by atoms with van der Waals surface area (Å²) in [6.07, 6.45) is 11.9. The van der Waals surface area contributed by atoms with Crippen LogP contribution in [-0.2, 0) is 0 Å². The molecule has 0 fully saturated rings. The van der Waals surface area contributed by atoms with Crippen molar-refractivity contribution in [2.75, 3.05) is 4.90 Å². The number of benzene rings is 1. The van der Waals surface area contributed by atoms with Gasteiger partial charge in [-0.1, -0.05) is 69.9 Å². The fourth-order valence-corrected chi connectivity index (χ4v) is 3.60. The van der Waals surface area contributed by atoms with E-state index in [1.54, 1.807) is 0 Å². The highest BCUT2D eigenvalue weighted by Gasteiger charge is 2.38. The molecule has 0 aromatic heterocycles. The van der Waals surface area contributed by atoms with Crippen LogP contribution >= 0.6 is 0 Å². The third kappa shape index (κ3) is 3.03. The molecule has 1 nitrogen and oxygen atoms in total. The first-order chi connectivity index (χ1) is 11.5. The van der Waals surface area contributed by atoms with Crippen LogP contribution in [-0.4, -0.2) is 0 Å². The Morgan fingerprint density at radius 1 is 1.12 bits per heavy atom. The minimum Gasteiger partial charge on any atom is -0.310 e. The van der Waals surface area contributed by atoms with Gasteiger partial charge in [0.1, 0.15) is 0 Å². The summed E-state index contributed by atoms with van der Waals surface area (Å²) in [4.78, 5) is 2.36. The van der Waals surface area contributed by atoms with E-state index in [0.29, 0.717) is 0 Å². The van der Waals surface area contributed by atoms with Gasteiger partial charge < -0.3 is 4.90 Å². The molecule has 1 heteroatoms. The van der Waals surface area contributed by atoms with Gasteiger partial charge in [0.25, 0.3) is 0 Å². The second kappa shape index (κ2) is 7.53. The van der Waals surface area contributed by atoms with Gasteiger partial charge in [0.2, 0.25) is 0 Å². The van der Waals surface area contributed by atoms with Crippen LogP contribution in [0.25, 0.3) is 0 Å². The summed E-state index contributed by atoms with van der Waals surface area (Å²) in [5.74, 6) is 0. The lowest BCUT2D eigenvalue weighted by atomic mass is 9.71. The number of allylic oxidation sites excluding steroid dienone is 7. The van der Waals surface area contributed by atoms with E-state index in [4.69, 9.17) is 0 Å². The van der Waals surface area contributed by atoms with E-state index in [2.05, 4.69) is 101 Å². The zero-order chi connectivity index (χ0) is 17.7. The van der Waals surface area contributed by atoms with Crippen molar-refractivity contribution >= 4 is 5.69 Å². The summed E-state index contributed by atoms with van der Waals surface area (Å²) in [5, 5.41) is 0. The number of nitrogens with zero attached hydrogens (tertiary/aromatic N) is 1. The highest BCUT2D eigenvalue weighted by Crippen LogP contribution is 2.49. The second-order valence-electron chi connectivity index (χ2n) is 6.50. The fourth-order valence-electron chi connectivity index (χ4n) is 3.60. The van der Waals surface area contributed by atoms with Crippen molar-refractivity contribution in [3.63, 3.8) is 0 Å². The molecule has 0 saturated heterocycles. The first kappa shape index (κ1) is 18.1. The molecule has 0 aliphatic carbocycles. The molecule has 126 valence electrons. The second-order valence-corrected chi connectivity index (χ2v) is 6.50. The van der Waals surface area contributed by atoms with Crippen LogP contribution in [0.3, 0.4) is 0 Å². The van der Waals surface area contributed by atoms with E-state index in [1.807, 2.05) is 6.08 Å². The number of anilines is 1. The van der Waals surface area contributed by atoms with E-state index in [0.717, 1.165) is 6.42 Å². The Morgan fingerprint density at radius 3 is 2.29 bits per heavy atom. The van der Waals surface area contributed by atoms with Crippen molar-refractivity contribution in [3.05, 3.63) is 89.8 Å². The highest BCUT2D eigenvalue weighted by molar-refractivity contribution is 5.71. The van der Waals surface area contributed by atoms with Gasteiger partial charge in [-0.15, -0.1) is 0 Å². The zero-order valence-electron chi connectivity index (χ0n) is 15.6. The maximum absolute atomic E-state index is 4.12. The quantitative estimate of drug-likeness (QED) is 0.590. The van der Waals surface area contributed by atoms with E-state index in [9.17, 15) is 0 Å². The van der Waals surface area contributed by atoms with Crippen LogP contribution < -0.4 is 4.90 Å². The Hall–Kier alpha value is -2.28. The average molecular weight is 319 g/mol. The number of hydrogen-bond acceptors (Lipinski definition) is 1. The lowest BCUT2D eigenvalue weighted by Gasteiger charge is -2.44. The van der Waals surface area contributed by atoms with Crippen LogP contribution in [0.5, 0.6) is 0 Å². The first-order valence-electron chi connectivity index (χ1n) is 8.75. The van der Waals surface area contributed by atoms with Crippen LogP contribution in [0.2, 0.25) is 0 Å². The molecule has 0 bridgehead atoms. The number of para-hydroxylation sites is 1. The van der Waals surface area contributed by atoms with E-state index in [-0.39, 0.29) is 5.41 Å². The maximum Gasteiger partial charge on any atom is 0.0498 e. The van der Waals surface area contributed by atoms with Gasteiger partial charge in [0, 0.05) is 22.5 Å². The van der Waals surface area contributed by atoms with Crippen molar-refractivity contribution in [2.24, 2.45) is 5.41 Å². The molecule has 2 rings (SSSR count). The molecule has 1 aromatic carbocycles. The smallest absolute Gasteiger partial charge is 0.0498 e. The Balaban J connectivity index is 2.88. The molecule has 0 radical (unpaired) electrons. The molecule has 0 N–H and O–H groups in total. The molecule has 0 amide bonds. The lowest BCUT2D eigenvalue weighted by molar-refractivity contribution is 0.534. The SMILES string of the molecule is C=CC1=C(/C=C\C)N(c2ccccc2)C(=C/CC)/C(=C\C)C1(C)C. The van der Waals surface area contributed by atoms with Gasteiger partial charge >= 0.3 is 0 Å². The molecule has 1 aliphatic heterocycles. The van der Waals surface area contributed by atoms with Crippen molar-refractivity contribution < 1.29 is 0 Å². The van der Waals surface area contributed by atoms with Gasteiger partial charge in [0.05, 0.1) is 0 Å². The molecule has 0 unspecified atom stereocenters. The summed E-state index contributed by atoms with van der Waals surface area (Å²) in [7, 11) is 0. The largest absolute Gasteiger partial charge is 0.310 e. The normalized spacial score (nSPS) is 21.1. The summed E-state index contributed by atoms with van der Waals surface area (Å²) in [5.41, 5.74) is 6.18. The van der Waals surface area contributed by atoms with Gasteiger partial charge in [-0.2, -0.15) is 0 Å². The Labute approximate surface area is 147 Å². The topological polar surface area (TPSA) is 3.24 Å². The van der Waals surface area contributed by atoms with Crippen LogP contribution in [0.15, 0.2) is 89.8 Å². The van der Waals surface area contributed by atoms with Crippen LogP contribution in [0.1, 0.15) is 41.0 Å². The average Bonchev–Trinajstić information content (AvgIpc) is 2.56. The maximum atomic E-state index is 4.12. The monoisotopic (exact) mass is 319 g/mol. The fraction of sp³-hybridized carbons (Fsp3) is 0.304. The Morgan fingerprint density at radius 2 is 1.79 bits per heavy atom. The van der Waals surface area contributed by atoms with Gasteiger partial charge in [-0.05, 0) is 49.6 Å². The van der Waals surface area contributed by atoms with Crippen molar-refractivity contribution in [1.29, 1.82) is 0 Å². The molecular weight excluding hydrogens is 290 g/mol. The molecular formula is C23H29N. The summed E-state index contributed by atoms with van der Waals surface area (Å²) >= 11 is 0. The van der Waals surface area contributed by atoms with E-state index in [1.165, 1.54) is 28.2 Å². The Bertz CT molecular complexity index is 712. The molecule has 1 aliphatic rings. The van der Waals surface area contributed by atoms with E-state index >= 15 is 0 Å². The number of hydrogen-bond donors (Lipinski definition) is 0. The Kier molecular flexibility index (Phi) is 5.66. The molecule has 24 heavy (non-hydrogen) atoms. The predicted molar refractivity (Wildman–Crippen MR) is 107 cm³/mol. The highest BCUT2D eigenvalue weighted by atomic mass is 15.2. The van der Waals surface area contributed by atoms with Gasteiger partial charge in [0.15, 0.2) is 0 Å². The van der Waals surface area contributed by atoms with E-state index < -0.39 is 0 Å². The van der Waals surface area contributed by atoms with Crippen LogP contribution in [0, 0.1) is 5.41 Å².